The fourth-order valence-corrected chi connectivity index (χ4v) is 2.91. The number of benzene rings is 1. The van der Waals surface area contributed by atoms with Crippen LogP contribution in [-0.2, 0) is 16.4 Å². The van der Waals surface area contributed by atoms with E-state index in [-0.39, 0.29) is 16.4 Å². The van der Waals surface area contributed by atoms with E-state index in [0.29, 0.717) is 5.75 Å². The van der Waals surface area contributed by atoms with Crippen molar-refractivity contribution < 1.29 is 13.2 Å². The number of hydrogen-bond acceptors (Lipinski definition) is 5. The van der Waals surface area contributed by atoms with Gasteiger partial charge in [0.1, 0.15) is 5.75 Å². The molecule has 2 aromatic rings. The summed E-state index contributed by atoms with van der Waals surface area (Å²) in [6.07, 6.45) is 1.76. The zero-order valence-electron chi connectivity index (χ0n) is 11.9. The van der Waals surface area contributed by atoms with E-state index in [4.69, 9.17) is 10.5 Å². The van der Waals surface area contributed by atoms with Gasteiger partial charge in [0.05, 0.1) is 17.7 Å². The van der Waals surface area contributed by atoms with Crippen molar-refractivity contribution in [2.24, 2.45) is 0 Å². The minimum atomic E-state index is -3.73. The zero-order chi connectivity index (χ0) is 15.5. The van der Waals surface area contributed by atoms with Crippen molar-refractivity contribution in [3.05, 3.63) is 30.0 Å². The molecule has 0 radical (unpaired) electrons. The Morgan fingerprint density at radius 1 is 1.38 bits per heavy atom. The maximum absolute atomic E-state index is 12.3. The van der Waals surface area contributed by atoms with Gasteiger partial charge in [-0.2, -0.15) is 5.10 Å². The van der Waals surface area contributed by atoms with Gasteiger partial charge in [0.15, 0.2) is 5.82 Å². The molecule has 8 heteroatoms. The first-order chi connectivity index (χ1) is 9.96. The lowest BCUT2D eigenvalue weighted by molar-refractivity contribution is 0.416. The quantitative estimate of drug-likeness (QED) is 0.704. The van der Waals surface area contributed by atoms with Gasteiger partial charge in [0, 0.05) is 11.8 Å². The van der Waals surface area contributed by atoms with Crippen LogP contribution in [-0.4, -0.2) is 25.7 Å². The Morgan fingerprint density at radius 2 is 2.14 bits per heavy atom. The van der Waals surface area contributed by atoms with Crippen LogP contribution >= 0.6 is 0 Å². The molecular weight excluding hydrogens is 292 g/mol. The number of rotatable bonds is 6. The van der Waals surface area contributed by atoms with E-state index < -0.39 is 10.0 Å². The summed E-state index contributed by atoms with van der Waals surface area (Å²) in [4.78, 5) is 0.0563. The van der Waals surface area contributed by atoms with E-state index in [1.165, 1.54) is 25.3 Å². The maximum atomic E-state index is 12.3. The van der Waals surface area contributed by atoms with E-state index in [2.05, 4.69) is 14.9 Å². The van der Waals surface area contributed by atoms with Gasteiger partial charge in [0.2, 0.25) is 0 Å². The summed E-state index contributed by atoms with van der Waals surface area (Å²) in [5.41, 5.74) is 6.86. The van der Waals surface area contributed by atoms with Crippen LogP contribution in [0.25, 0.3) is 0 Å². The molecule has 0 aliphatic rings. The molecular formula is C13H18N4O3S. The Balaban J connectivity index is 2.23. The Kier molecular flexibility index (Phi) is 4.37. The van der Waals surface area contributed by atoms with Crippen molar-refractivity contribution >= 4 is 21.5 Å². The molecule has 0 unspecified atom stereocenters. The molecule has 0 atom stereocenters. The van der Waals surface area contributed by atoms with Crippen LogP contribution in [0.4, 0.5) is 11.5 Å². The lowest BCUT2D eigenvalue weighted by Gasteiger charge is -2.08. The largest absolute Gasteiger partial charge is 0.495 e. The van der Waals surface area contributed by atoms with Crippen molar-refractivity contribution in [2.75, 3.05) is 17.6 Å². The average Bonchev–Trinajstić information content (AvgIpc) is 2.85. The number of H-pyrrole nitrogens is 1. The number of nitrogens with one attached hydrogen (secondary N) is 2. The van der Waals surface area contributed by atoms with Crippen LogP contribution in [0, 0.1) is 0 Å². The van der Waals surface area contributed by atoms with Crippen molar-refractivity contribution in [1.29, 1.82) is 0 Å². The average molecular weight is 310 g/mol. The standard InChI is InChI=1S/C13H18N4O3S/c1-3-4-9-7-13(16-15-9)17-21(18,19)10-5-6-12(20-2)11(14)8-10/h5-8H,3-4,14H2,1-2H3,(H2,15,16,17). The third-order valence-electron chi connectivity index (χ3n) is 2.90. The van der Waals surface area contributed by atoms with E-state index in [1.54, 1.807) is 6.07 Å². The summed E-state index contributed by atoms with van der Waals surface area (Å²) >= 11 is 0. The monoisotopic (exact) mass is 310 g/mol. The first-order valence-corrected chi connectivity index (χ1v) is 7.95. The SMILES string of the molecule is CCCc1cc(NS(=O)(=O)c2ccc(OC)c(N)c2)n[nH]1. The number of nitrogens with two attached hydrogens (primary N) is 1. The molecule has 0 bridgehead atoms. The number of methoxy groups -OCH3 is 1. The molecule has 2 rings (SSSR count). The highest BCUT2D eigenvalue weighted by molar-refractivity contribution is 7.92. The lowest BCUT2D eigenvalue weighted by atomic mass is 10.2. The Morgan fingerprint density at radius 3 is 2.76 bits per heavy atom. The van der Waals surface area contributed by atoms with Gasteiger partial charge in [-0.15, -0.1) is 0 Å². The van der Waals surface area contributed by atoms with Crippen LogP contribution in [0.1, 0.15) is 19.0 Å². The van der Waals surface area contributed by atoms with Gasteiger partial charge in [-0.25, -0.2) is 8.42 Å². The number of anilines is 2. The topological polar surface area (TPSA) is 110 Å². The molecule has 0 saturated carbocycles. The molecule has 1 aromatic carbocycles. The first-order valence-electron chi connectivity index (χ1n) is 6.47. The van der Waals surface area contributed by atoms with Crippen molar-refractivity contribution in [2.45, 2.75) is 24.7 Å². The second-order valence-corrected chi connectivity index (χ2v) is 6.22. The fourth-order valence-electron chi connectivity index (χ4n) is 1.89. The number of aromatic amines is 1. The molecule has 21 heavy (non-hydrogen) atoms. The first kappa shape index (κ1) is 15.2. The smallest absolute Gasteiger partial charge is 0.263 e. The molecule has 114 valence electrons. The van der Waals surface area contributed by atoms with Gasteiger partial charge in [-0.3, -0.25) is 9.82 Å². The molecule has 0 saturated heterocycles. The third-order valence-corrected chi connectivity index (χ3v) is 4.25. The van der Waals surface area contributed by atoms with Crippen molar-refractivity contribution in [1.82, 2.24) is 10.2 Å². The van der Waals surface area contributed by atoms with Gasteiger partial charge >= 0.3 is 0 Å². The van der Waals surface area contributed by atoms with Crippen LogP contribution < -0.4 is 15.2 Å². The summed E-state index contributed by atoms with van der Waals surface area (Å²) < 4.78 is 31.9. The molecule has 1 heterocycles. The van der Waals surface area contributed by atoms with Crippen molar-refractivity contribution in [3.8, 4) is 5.75 Å². The summed E-state index contributed by atoms with van der Waals surface area (Å²) in [7, 11) is -2.26. The molecule has 1 aromatic heterocycles. The molecule has 0 aliphatic carbocycles. The van der Waals surface area contributed by atoms with E-state index >= 15 is 0 Å². The Bertz CT molecular complexity index is 725. The molecule has 7 nitrogen and oxygen atoms in total. The van der Waals surface area contributed by atoms with Crippen molar-refractivity contribution in [3.63, 3.8) is 0 Å². The van der Waals surface area contributed by atoms with Gasteiger partial charge in [0.25, 0.3) is 10.0 Å². The van der Waals surface area contributed by atoms with Crippen LogP contribution in [0.2, 0.25) is 0 Å². The van der Waals surface area contributed by atoms with E-state index in [9.17, 15) is 8.42 Å². The molecule has 4 N–H and O–H groups in total. The Hall–Kier alpha value is -2.22. The number of nitrogens with zero attached hydrogens (tertiary/aromatic N) is 1. The van der Waals surface area contributed by atoms with Crippen LogP contribution in [0.3, 0.4) is 0 Å². The van der Waals surface area contributed by atoms with Gasteiger partial charge in [-0.05, 0) is 24.6 Å². The summed E-state index contributed by atoms with van der Waals surface area (Å²) in [6.45, 7) is 2.03. The predicted molar refractivity (Wildman–Crippen MR) is 80.8 cm³/mol. The number of hydrogen-bond donors (Lipinski definition) is 3. The normalized spacial score (nSPS) is 11.3. The summed E-state index contributed by atoms with van der Waals surface area (Å²) in [6, 6.07) is 5.96. The number of aromatic nitrogens is 2. The second kappa shape index (κ2) is 6.04. The Labute approximate surface area is 123 Å². The molecule has 0 spiro atoms. The van der Waals surface area contributed by atoms with E-state index in [1.807, 2.05) is 6.92 Å². The molecule has 0 amide bonds. The second-order valence-electron chi connectivity index (χ2n) is 4.54. The fraction of sp³-hybridized carbons (Fsp3) is 0.308. The highest BCUT2D eigenvalue weighted by atomic mass is 32.2. The lowest BCUT2D eigenvalue weighted by Crippen LogP contribution is -2.13. The number of aryl methyl sites for hydroxylation is 1. The van der Waals surface area contributed by atoms with Gasteiger partial charge in [-0.1, -0.05) is 13.3 Å². The highest BCUT2D eigenvalue weighted by Crippen LogP contribution is 2.25. The minimum absolute atomic E-state index is 0.0563. The third kappa shape index (κ3) is 3.46. The van der Waals surface area contributed by atoms with Crippen LogP contribution in [0.5, 0.6) is 5.75 Å². The summed E-state index contributed by atoms with van der Waals surface area (Å²) in [5, 5.41) is 6.72. The molecule has 0 fully saturated rings. The minimum Gasteiger partial charge on any atom is -0.495 e. The highest BCUT2D eigenvalue weighted by Gasteiger charge is 2.17. The van der Waals surface area contributed by atoms with E-state index in [0.717, 1.165) is 18.5 Å². The zero-order valence-corrected chi connectivity index (χ0v) is 12.7. The number of sulfonamides is 1. The maximum Gasteiger partial charge on any atom is 0.263 e. The number of nitrogen functional groups attached to an aromatic ring is 1. The van der Waals surface area contributed by atoms with Gasteiger partial charge < -0.3 is 10.5 Å². The predicted octanol–water partition coefficient (Wildman–Crippen LogP) is 1.75. The molecule has 0 aliphatic heterocycles. The summed E-state index contributed by atoms with van der Waals surface area (Å²) in [5.74, 6) is 0.687. The number of ether oxygens (including phenoxy) is 1. The van der Waals surface area contributed by atoms with Crippen LogP contribution in [0.15, 0.2) is 29.2 Å².